The molecule has 0 bridgehead atoms. The van der Waals surface area contributed by atoms with Gasteiger partial charge in [-0.05, 0) is 49.1 Å². The summed E-state index contributed by atoms with van der Waals surface area (Å²) in [7, 11) is -5.35. The molecule has 0 aromatic heterocycles. The molecule has 0 fully saturated rings. The zero-order valence-electron chi connectivity index (χ0n) is 10.2. The van der Waals surface area contributed by atoms with Crippen molar-refractivity contribution < 1.29 is 21.6 Å². The van der Waals surface area contributed by atoms with Crippen molar-refractivity contribution in [3.63, 3.8) is 0 Å². The molecule has 1 aromatic carbocycles. The van der Waals surface area contributed by atoms with E-state index < -0.39 is 15.5 Å². The third-order valence-electron chi connectivity index (χ3n) is 2.61. The van der Waals surface area contributed by atoms with Crippen LogP contribution in [0.25, 0.3) is 0 Å². The van der Waals surface area contributed by atoms with Crippen LogP contribution in [0.1, 0.15) is 23.6 Å². The Balaban J connectivity index is 3.16. The summed E-state index contributed by atoms with van der Waals surface area (Å²) in [5.41, 5.74) is -2.85. The van der Waals surface area contributed by atoms with Crippen LogP contribution >= 0.6 is 0 Å². The van der Waals surface area contributed by atoms with Crippen LogP contribution < -0.4 is 4.72 Å². The van der Waals surface area contributed by atoms with Crippen LogP contribution in [0, 0.1) is 13.8 Å². The normalized spacial score (nSPS) is 12.6. The number of hydrogen-bond acceptors (Lipinski definition) is 2. The lowest BCUT2D eigenvalue weighted by atomic mass is 10.00. The first-order valence-electron chi connectivity index (χ1n) is 5.27. The molecule has 0 amide bonds. The first-order chi connectivity index (χ1) is 8.08. The van der Waals surface area contributed by atoms with Gasteiger partial charge in [0.15, 0.2) is 0 Å². The highest BCUT2D eigenvalue weighted by atomic mass is 32.2. The highest BCUT2D eigenvalue weighted by Crippen LogP contribution is 2.27. The molecule has 1 rings (SSSR count). The molecular formula is C11H14F3NO2S. The SMILES string of the molecule is CCc1c(C)cc(NS(=O)(=O)C(F)(F)F)cc1C. The van der Waals surface area contributed by atoms with E-state index in [9.17, 15) is 21.6 Å². The van der Waals surface area contributed by atoms with Gasteiger partial charge in [-0.25, -0.2) is 0 Å². The topological polar surface area (TPSA) is 46.2 Å². The quantitative estimate of drug-likeness (QED) is 0.925. The molecule has 0 saturated heterocycles. The Bertz CT molecular complexity index is 527. The largest absolute Gasteiger partial charge is 0.516 e. The second-order valence-corrected chi connectivity index (χ2v) is 5.67. The van der Waals surface area contributed by atoms with Crippen LogP contribution in [-0.4, -0.2) is 13.9 Å². The smallest absolute Gasteiger partial charge is 0.276 e. The van der Waals surface area contributed by atoms with Crippen molar-refractivity contribution in [3.05, 3.63) is 28.8 Å². The maximum absolute atomic E-state index is 12.2. The Kier molecular flexibility index (Phi) is 3.95. The number of hydrogen-bond donors (Lipinski definition) is 1. The van der Waals surface area contributed by atoms with Gasteiger partial charge in [-0.3, -0.25) is 4.72 Å². The van der Waals surface area contributed by atoms with E-state index in [1.54, 1.807) is 13.8 Å². The number of aryl methyl sites for hydroxylation is 2. The average Bonchev–Trinajstić information content (AvgIpc) is 2.14. The van der Waals surface area contributed by atoms with Crippen LogP contribution in [0.2, 0.25) is 0 Å². The third kappa shape index (κ3) is 2.95. The highest BCUT2D eigenvalue weighted by molar-refractivity contribution is 7.93. The van der Waals surface area contributed by atoms with E-state index in [4.69, 9.17) is 0 Å². The highest BCUT2D eigenvalue weighted by Gasteiger charge is 2.46. The van der Waals surface area contributed by atoms with Crippen LogP contribution in [0.3, 0.4) is 0 Å². The van der Waals surface area contributed by atoms with E-state index in [1.807, 2.05) is 6.92 Å². The lowest BCUT2D eigenvalue weighted by Crippen LogP contribution is -2.30. The molecule has 7 heteroatoms. The Hall–Kier alpha value is -1.24. The number of anilines is 1. The molecule has 0 aliphatic carbocycles. The molecule has 18 heavy (non-hydrogen) atoms. The summed E-state index contributed by atoms with van der Waals surface area (Å²) in [6, 6.07) is 2.80. The van der Waals surface area contributed by atoms with Gasteiger partial charge in [-0.15, -0.1) is 0 Å². The fraction of sp³-hybridized carbons (Fsp3) is 0.455. The maximum Gasteiger partial charge on any atom is 0.516 e. The zero-order chi connectivity index (χ0) is 14.1. The lowest BCUT2D eigenvalue weighted by molar-refractivity contribution is -0.0429. The van der Waals surface area contributed by atoms with Crippen LogP contribution in [0.4, 0.5) is 18.9 Å². The monoisotopic (exact) mass is 281 g/mol. The van der Waals surface area contributed by atoms with E-state index in [0.29, 0.717) is 0 Å². The minimum Gasteiger partial charge on any atom is -0.276 e. The van der Waals surface area contributed by atoms with Crippen LogP contribution in [0.5, 0.6) is 0 Å². The molecule has 1 aromatic rings. The van der Waals surface area contributed by atoms with E-state index in [-0.39, 0.29) is 5.69 Å². The molecule has 0 radical (unpaired) electrons. The Labute approximate surface area is 104 Å². The third-order valence-corrected chi connectivity index (χ3v) is 3.72. The second-order valence-electron chi connectivity index (χ2n) is 3.99. The minimum absolute atomic E-state index is 0.0699. The van der Waals surface area contributed by atoms with Gasteiger partial charge in [-0.1, -0.05) is 6.92 Å². The molecular weight excluding hydrogens is 267 g/mol. The van der Waals surface area contributed by atoms with E-state index >= 15 is 0 Å². The Morgan fingerprint density at radius 3 is 1.94 bits per heavy atom. The molecule has 0 saturated carbocycles. The molecule has 102 valence electrons. The summed E-state index contributed by atoms with van der Waals surface area (Å²) < 4.78 is 60.1. The molecule has 0 aliphatic rings. The van der Waals surface area contributed by atoms with Crippen molar-refractivity contribution in [2.24, 2.45) is 0 Å². The number of benzene rings is 1. The lowest BCUT2D eigenvalue weighted by Gasteiger charge is -2.14. The first kappa shape index (κ1) is 14.8. The summed E-state index contributed by atoms with van der Waals surface area (Å²) in [4.78, 5) is 0. The van der Waals surface area contributed by atoms with Gasteiger partial charge in [0, 0.05) is 5.69 Å². The standard InChI is InChI=1S/C11H14F3NO2S/c1-4-10-7(2)5-9(6-8(10)3)15-18(16,17)11(12,13)14/h5-6,15H,4H2,1-3H3. The van der Waals surface area contributed by atoms with Crippen molar-refractivity contribution in [3.8, 4) is 0 Å². The number of rotatable bonds is 3. The van der Waals surface area contributed by atoms with Crippen molar-refractivity contribution >= 4 is 15.7 Å². The molecule has 0 heterocycles. The van der Waals surface area contributed by atoms with Gasteiger partial charge in [0.2, 0.25) is 0 Å². The van der Waals surface area contributed by atoms with Gasteiger partial charge in [0.05, 0.1) is 0 Å². The van der Waals surface area contributed by atoms with Gasteiger partial charge in [0.1, 0.15) is 0 Å². The second kappa shape index (κ2) is 4.79. The predicted molar refractivity (Wildman–Crippen MR) is 63.9 cm³/mol. The summed E-state index contributed by atoms with van der Waals surface area (Å²) >= 11 is 0. The number of sulfonamides is 1. The predicted octanol–water partition coefficient (Wildman–Crippen LogP) is 3.13. The number of alkyl halides is 3. The summed E-state index contributed by atoms with van der Waals surface area (Å²) in [5.74, 6) is 0. The molecule has 0 spiro atoms. The molecule has 0 aliphatic heterocycles. The van der Waals surface area contributed by atoms with E-state index in [1.165, 1.54) is 16.9 Å². The first-order valence-corrected chi connectivity index (χ1v) is 6.76. The number of nitrogens with one attached hydrogen (secondary N) is 1. The molecule has 3 nitrogen and oxygen atoms in total. The molecule has 1 N–H and O–H groups in total. The zero-order valence-corrected chi connectivity index (χ0v) is 11.0. The van der Waals surface area contributed by atoms with E-state index in [2.05, 4.69) is 0 Å². The molecule has 0 atom stereocenters. The van der Waals surface area contributed by atoms with Gasteiger partial charge < -0.3 is 0 Å². The van der Waals surface area contributed by atoms with Crippen LogP contribution in [-0.2, 0) is 16.4 Å². The van der Waals surface area contributed by atoms with Crippen molar-refractivity contribution in [2.45, 2.75) is 32.7 Å². The minimum atomic E-state index is -5.35. The fourth-order valence-corrected chi connectivity index (χ4v) is 2.37. The number of halogens is 3. The van der Waals surface area contributed by atoms with Gasteiger partial charge >= 0.3 is 15.5 Å². The maximum atomic E-state index is 12.2. The van der Waals surface area contributed by atoms with Crippen molar-refractivity contribution in [1.82, 2.24) is 0 Å². The average molecular weight is 281 g/mol. The van der Waals surface area contributed by atoms with Crippen LogP contribution in [0.15, 0.2) is 12.1 Å². The van der Waals surface area contributed by atoms with Crippen molar-refractivity contribution in [1.29, 1.82) is 0 Å². The summed E-state index contributed by atoms with van der Waals surface area (Å²) in [5, 5.41) is 0. The molecule has 0 unspecified atom stereocenters. The Morgan fingerprint density at radius 2 is 1.61 bits per heavy atom. The fourth-order valence-electron chi connectivity index (χ4n) is 1.82. The van der Waals surface area contributed by atoms with Crippen molar-refractivity contribution in [2.75, 3.05) is 4.72 Å². The summed E-state index contributed by atoms with van der Waals surface area (Å²) in [6.07, 6.45) is 0.740. The summed E-state index contributed by atoms with van der Waals surface area (Å²) in [6.45, 7) is 5.39. The van der Waals surface area contributed by atoms with Gasteiger partial charge in [0.25, 0.3) is 0 Å². The Morgan fingerprint density at radius 1 is 1.17 bits per heavy atom. The van der Waals surface area contributed by atoms with E-state index in [0.717, 1.165) is 23.1 Å². The van der Waals surface area contributed by atoms with Gasteiger partial charge in [-0.2, -0.15) is 21.6 Å².